The highest BCUT2D eigenvalue weighted by Crippen LogP contribution is 2.70. The van der Waals surface area contributed by atoms with Gasteiger partial charge in [-0.1, -0.05) is 66.0 Å². The maximum atomic E-state index is 6.37. The lowest BCUT2D eigenvalue weighted by Gasteiger charge is -2.63. The summed E-state index contributed by atoms with van der Waals surface area (Å²) in [6.07, 6.45) is 15.4. The van der Waals surface area contributed by atoms with E-state index < -0.39 is 0 Å². The fraction of sp³-hybridized carbons (Fsp3) is 0.938. The Morgan fingerprint density at radius 3 is 2.26 bits per heavy atom. The molecule has 0 radical (unpaired) electrons. The van der Waals surface area contributed by atoms with Gasteiger partial charge in [-0.15, -0.1) is 0 Å². The molecule has 5 fully saturated rings. The van der Waals surface area contributed by atoms with Crippen molar-refractivity contribution in [2.45, 2.75) is 118 Å². The van der Waals surface area contributed by atoms with Crippen molar-refractivity contribution >= 4 is 0 Å². The average Bonchev–Trinajstić information content (AvgIpc) is 3.38. The monoisotopic (exact) mass is 470 g/mol. The zero-order chi connectivity index (χ0) is 24.3. The van der Waals surface area contributed by atoms with Crippen molar-refractivity contribution in [3.63, 3.8) is 0 Å². The van der Waals surface area contributed by atoms with Gasteiger partial charge in [0.05, 0.1) is 13.2 Å². The van der Waals surface area contributed by atoms with E-state index in [0.717, 1.165) is 61.1 Å². The molecule has 1 heterocycles. The quantitative estimate of drug-likeness (QED) is 0.362. The van der Waals surface area contributed by atoms with Crippen LogP contribution < -0.4 is 0 Å². The van der Waals surface area contributed by atoms with E-state index in [2.05, 4.69) is 48.1 Å². The molecule has 0 aromatic heterocycles. The number of fused-ring (bicyclic) bond motifs is 5. The molecule has 2 nitrogen and oxygen atoms in total. The van der Waals surface area contributed by atoms with Gasteiger partial charge in [0, 0.05) is 12.3 Å². The van der Waals surface area contributed by atoms with E-state index in [-0.39, 0.29) is 5.79 Å². The van der Waals surface area contributed by atoms with Crippen molar-refractivity contribution in [1.82, 2.24) is 0 Å². The van der Waals surface area contributed by atoms with Gasteiger partial charge in [0.15, 0.2) is 5.79 Å². The Balaban J connectivity index is 1.33. The minimum Gasteiger partial charge on any atom is -0.347 e. The highest BCUT2D eigenvalue weighted by molar-refractivity contribution is 5.16. The molecule has 34 heavy (non-hydrogen) atoms. The molecule has 0 N–H and O–H groups in total. The van der Waals surface area contributed by atoms with Crippen LogP contribution in [-0.4, -0.2) is 19.0 Å². The van der Waals surface area contributed by atoms with Gasteiger partial charge in [0.1, 0.15) is 0 Å². The highest BCUT2D eigenvalue weighted by Gasteiger charge is 2.64. The third-order valence-corrected chi connectivity index (χ3v) is 12.3. The summed E-state index contributed by atoms with van der Waals surface area (Å²) in [5.74, 6) is 6.24. The normalized spacial score (nSPS) is 46.2. The molecule has 1 aliphatic heterocycles. The summed E-state index contributed by atoms with van der Waals surface area (Å²) < 4.78 is 12.7. The summed E-state index contributed by atoms with van der Waals surface area (Å²) >= 11 is 0. The van der Waals surface area contributed by atoms with E-state index in [0.29, 0.717) is 16.7 Å². The van der Waals surface area contributed by atoms with Gasteiger partial charge in [0.2, 0.25) is 0 Å². The Labute approximate surface area is 211 Å². The zero-order valence-corrected chi connectivity index (χ0v) is 23.3. The van der Waals surface area contributed by atoms with Crippen LogP contribution in [0.2, 0.25) is 0 Å². The molecule has 0 bridgehead atoms. The van der Waals surface area contributed by atoms with Crippen LogP contribution >= 0.6 is 0 Å². The van der Waals surface area contributed by atoms with Crippen LogP contribution in [0.15, 0.2) is 12.2 Å². The Morgan fingerprint density at radius 2 is 1.59 bits per heavy atom. The van der Waals surface area contributed by atoms with Gasteiger partial charge in [0.25, 0.3) is 0 Å². The minimum absolute atomic E-state index is 0.362. The van der Waals surface area contributed by atoms with Gasteiger partial charge >= 0.3 is 0 Å². The molecule has 1 saturated heterocycles. The minimum atomic E-state index is -0.365. The van der Waals surface area contributed by atoms with E-state index in [9.17, 15) is 0 Å². The van der Waals surface area contributed by atoms with Gasteiger partial charge < -0.3 is 9.47 Å². The predicted molar refractivity (Wildman–Crippen MR) is 141 cm³/mol. The zero-order valence-electron chi connectivity index (χ0n) is 23.3. The molecule has 4 aliphatic carbocycles. The van der Waals surface area contributed by atoms with Crippen LogP contribution in [0.25, 0.3) is 0 Å². The van der Waals surface area contributed by atoms with Gasteiger partial charge in [-0.25, -0.2) is 0 Å². The summed E-state index contributed by atoms with van der Waals surface area (Å²) in [7, 11) is 0. The summed E-state index contributed by atoms with van der Waals surface area (Å²) in [6, 6.07) is 0. The first-order valence-electron chi connectivity index (χ1n) is 15.0. The molecule has 1 spiro atoms. The van der Waals surface area contributed by atoms with Crippen molar-refractivity contribution in [1.29, 1.82) is 0 Å². The predicted octanol–water partition coefficient (Wildman–Crippen LogP) is 8.65. The van der Waals surface area contributed by atoms with Crippen LogP contribution in [0.4, 0.5) is 0 Å². The summed E-state index contributed by atoms with van der Waals surface area (Å²) in [5, 5.41) is 0. The largest absolute Gasteiger partial charge is 0.347 e. The number of rotatable bonds is 6. The molecule has 0 aromatic carbocycles. The summed E-state index contributed by atoms with van der Waals surface area (Å²) in [6.45, 7) is 21.0. The Morgan fingerprint density at radius 1 is 0.882 bits per heavy atom. The van der Waals surface area contributed by atoms with Crippen LogP contribution in [0.5, 0.6) is 0 Å². The van der Waals surface area contributed by atoms with Crippen molar-refractivity contribution in [3.05, 3.63) is 12.2 Å². The lowest BCUT2D eigenvalue weighted by molar-refractivity contribution is -0.253. The molecule has 9 unspecified atom stereocenters. The maximum absolute atomic E-state index is 6.37. The molecule has 194 valence electrons. The topological polar surface area (TPSA) is 18.5 Å². The summed E-state index contributed by atoms with van der Waals surface area (Å²) in [4.78, 5) is 0. The SMILES string of the molecule is C=C(C)C1CC2(C)C(CCC3C2CCC2(C)C(C(C)CCCC(C)C)CCC32)CC12OCCO2. The van der Waals surface area contributed by atoms with E-state index in [4.69, 9.17) is 9.47 Å². The van der Waals surface area contributed by atoms with Gasteiger partial charge in [-0.05, 0) is 104 Å². The molecule has 2 heteroatoms. The lowest BCUT2D eigenvalue weighted by Crippen LogP contribution is -2.59. The van der Waals surface area contributed by atoms with Crippen molar-refractivity contribution < 1.29 is 9.47 Å². The molecular formula is C32H54O2. The van der Waals surface area contributed by atoms with Crippen LogP contribution in [-0.2, 0) is 9.47 Å². The second-order valence-electron chi connectivity index (χ2n) is 14.5. The second-order valence-corrected chi connectivity index (χ2v) is 14.5. The second kappa shape index (κ2) is 9.20. The third-order valence-electron chi connectivity index (χ3n) is 12.3. The number of hydrogen-bond acceptors (Lipinski definition) is 2. The standard InChI is InChI=1S/C32H54O2/c1-21(2)9-8-10-23(5)26-13-14-27-25-12-11-24-19-32(33-17-18-34-32)29(22(3)4)20-31(24,7)28(25)15-16-30(26,27)6/h21,23-29H,3,8-20H2,1-2,4-7H3. The van der Waals surface area contributed by atoms with E-state index >= 15 is 0 Å². The maximum Gasteiger partial charge on any atom is 0.175 e. The fourth-order valence-electron chi connectivity index (χ4n) is 10.6. The molecule has 0 amide bonds. The van der Waals surface area contributed by atoms with Crippen LogP contribution in [0.3, 0.4) is 0 Å². The van der Waals surface area contributed by atoms with Crippen LogP contribution in [0, 0.1) is 58.2 Å². The molecule has 5 rings (SSSR count). The fourth-order valence-corrected chi connectivity index (χ4v) is 10.6. The molecule has 5 aliphatic rings. The van der Waals surface area contributed by atoms with Crippen molar-refractivity contribution in [3.8, 4) is 0 Å². The third kappa shape index (κ3) is 3.96. The molecule has 4 saturated carbocycles. The van der Waals surface area contributed by atoms with E-state index in [1.807, 2.05) is 0 Å². The van der Waals surface area contributed by atoms with Crippen molar-refractivity contribution in [2.24, 2.45) is 58.2 Å². The highest BCUT2D eigenvalue weighted by atomic mass is 16.7. The first-order valence-corrected chi connectivity index (χ1v) is 15.0. The Bertz CT molecular complexity index is 750. The molecule has 9 atom stereocenters. The van der Waals surface area contributed by atoms with Gasteiger partial charge in [-0.3, -0.25) is 0 Å². The lowest BCUT2D eigenvalue weighted by atomic mass is 9.43. The smallest absolute Gasteiger partial charge is 0.175 e. The molecular weight excluding hydrogens is 416 g/mol. The van der Waals surface area contributed by atoms with Crippen molar-refractivity contribution in [2.75, 3.05) is 13.2 Å². The summed E-state index contributed by atoms with van der Waals surface area (Å²) in [5.41, 5.74) is 2.29. The average molecular weight is 471 g/mol. The first-order chi connectivity index (χ1) is 16.1. The van der Waals surface area contributed by atoms with Crippen LogP contribution in [0.1, 0.15) is 112 Å². The van der Waals surface area contributed by atoms with Gasteiger partial charge in [-0.2, -0.15) is 0 Å². The number of ether oxygens (including phenoxy) is 2. The molecule has 0 aromatic rings. The number of hydrogen-bond donors (Lipinski definition) is 0. The Hall–Kier alpha value is -0.340. The van der Waals surface area contributed by atoms with E-state index in [1.165, 1.54) is 69.8 Å². The Kier molecular flexibility index (Phi) is 6.85. The first kappa shape index (κ1) is 25.3. The van der Waals surface area contributed by atoms with E-state index in [1.54, 1.807) is 0 Å².